The predicted octanol–water partition coefficient (Wildman–Crippen LogP) is 3.78. The highest BCUT2D eigenvalue weighted by molar-refractivity contribution is 5.89. The van der Waals surface area contributed by atoms with Gasteiger partial charge in [-0.2, -0.15) is 0 Å². The molecule has 1 N–H and O–H groups in total. The molecule has 0 saturated carbocycles. The van der Waals surface area contributed by atoms with Crippen molar-refractivity contribution in [2.45, 2.75) is 20.5 Å². The van der Waals surface area contributed by atoms with Crippen molar-refractivity contribution < 1.29 is 28.7 Å². The number of benzene rings is 2. The molecule has 0 saturated heterocycles. The topological polar surface area (TPSA) is 94.2 Å². The molecule has 0 spiro atoms. The van der Waals surface area contributed by atoms with Gasteiger partial charge >= 0.3 is 18.2 Å². The molecule has 2 rings (SSSR count). The van der Waals surface area contributed by atoms with Gasteiger partial charge in [0.1, 0.15) is 6.61 Å². The van der Waals surface area contributed by atoms with Gasteiger partial charge in [-0.15, -0.1) is 5.06 Å². The number of alkyl carbamates (subject to hydrolysis) is 1. The van der Waals surface area contributed by atoms with Gasteiger partial charge in [0.15, 0.2) is 0 Å². The molecule has 8 heteroatoms. The maximum atomic E-state index is 12.3. The lowest BCUT2D eigenvalue weighted by Gasteiger charge is -2.21. The maximum Gasteiger partial charge on any atom is 0.443 e. The van der Waals surface area contributed by atoms with Gasteiger partial charge in [-0.05, 0) is 23.6 Å². The first kappa shape index (κ1) is 22.7. The minimum atomic E-state index is -0.813. The fourth-order valence-corrected chi connectivity index (χ4v) is 2.24. The lowest BCUT2D eigenvalue weighted by molar-refractivity contribution is -0.0940. The summed E-state index contributed by atoms with van der Waals surface area (Å²) in [5.74, 6) is -0.588. The van der Waals surface area contributed by atoms with Crippen LogP contribution >= 0.6 is 0 Å². The highest BCUT2D eigenvalue weighted by atomic mass is 16.8. The van der Waals surface area contributed by atoms with E-state index in [2.05, 4.69) is 5.32 Å². The Hall–Kier alpha value is -3.55. The Bertz CT molecular complexity index is 811. The second kappa shape index (κ2) is 12.1. The van der Waals surface area contributed by atoms with Gasteiger partial charge in [0.2, 0.25) is 0 Å². The lowest BCUT2D eigenvalue weighted by atomic mass is 10.2. The molecule has 0 fully saturated rings. The van der Waals surface area contributed by atoms with Gasteiger partial charge in [-0.3, -0.25) is 0 Å². The Labute approximate surface area is 175 Å². The molecule has 2 aromatic carbocycles. The van der Waals surface area contributed by atoms with Crippen molar-refractivity contribution in [3.8, 4) is 0 Å². The molecule has 0 heterocycles. The zero-order valence-electron chi connectivity index (χ0n) is 17.1. The van der Waals surface area contributed by atoms with Crippen LogP contribution in [0.5, 0.6) is 0 Å². The van der Waals surface area contributed by atoms with E-state index in [1.54, 1.807) is 30.3 Å². The normalized spacial score (nSPS) is 10.2. The zero-order valence-corrected chi connectivity index (χ0v) is 17.1. The molecule has 30 heavy (non-hydrogen) atoms. The summed E-state index contributed by atoms with van der Waals surface area (Å²) in [6.07, 6.45) is -1.46. The molecule has 0 aromatic heterocycles. The molecule has 0 radical (unpaired) electrons. The summed E-state index contributed by atoms with van der Waals surface area (Å²) in [4.78, 5) is 41.6. The quantitative estimate of drug-likeness (QED) is 0.661. The van der Waals surface area contributed by atoms with Crippen LogP contribution in [0, 0.1) is 5.92 Å². The summed E-state index contributed by atoms with van der Waals surface area (Å²) < 4.78 is 10.2. The van der Waals surface area contributed by atoms with Crippen LogP contribution in [-0.2, 0) is 20.9 Å². The summed E-state index contributed by atoms with van der Waals surface area (Å²) in [6, 6.07) is 17.5. The number of carbonyl (C=O) groups excluding carboxylic acids is 3. The maximum absolute atomic E-state index is 12.3. The average molecular weight is 414 g/mol. The smallest absolute Gasteiger partial charge is 0.443 e. The molecule has 0 aliphatic heterocycles. The summed E-state index contributed by atoms with van der Waals surface area (Å²) in [7, 11) is 0. The SMILES string of the molecule is CC(C)COC(=O)N(CCNC(=O)OCc1ccccc1)OC(=O)c1ccccc1. The molecule has 0 aliphatic carbocycles. The van der Waals surface area contributed by atoms with Crippen molar-refractivity contribution in [3.63, 3.8) is 0 Å². The van der Waals surface area contributed by atoms with E-state index in [0.717, 1.165) is 10.6 Å². The highest BCUT2D eigenvalue weighted by Crippen LogP contribution is 2.06. The molecule has 8 nitrogen and oxygen atoms in total. The predicted molar refractivity (Wildman–Crippen MR) is 109 cm³/mol. The Morgan fingerprint density at radius 1 is 0.933 bits per heavy atom. The van der Waals surface area contributed by atoms with Gasteiger partial charge in [-0.25, -0.2) is 14.4 Å². The van der Waals surface area contributed by atoms with Crippen LogP contribution in [0.25, 0.3) is 0 Å². The Kier molecular flexibility index (Phi) is 9.18. The van der Waals surface area contributed by atoms with E-state index in [-0.39, 0.29) is 37.8 Å². The third-order valence-corrected chi connectivity index (χ3v) is 3.74. The Morgan fingerprint density at radius 3 is 2.20 bits per heavy atom. The van der Waals surface area contributed by atoms with Crippen molar-refractivity contribution >= 4 is 18.2 Å². The van der Waals surface area contributed by atoms with Gasteiger partial charge in [0.05, 0.1) is 18.7 Å². The van der Waals surface area contributed by atoms with E-state index in [9.17, 15) is 14.4 Å². The lowest BCUT2D eigenvalue weighted by Crippen LogP contribution is -2.40. The number of hydroxylamine groups is 2. The van der Waals surface area contributed by atoms with E-state index in [4.69, 9.17) is 14.3 Å². The van der Waals surface area contributed by atoms with Gasteiger partial charge < -0.3 is 19.6 Å². The van der Waals surface area contributed by atoms with Crippen LogP contribution in [-0.4, -0.2) is 42.9 Å². The molecule has 0 aliphatic rings. The third-order valence-electron chi connectivity index (χ3n) is 3.74. The van der Waals surface area contributed by atoms with E-state index in [1.807, 2.05) is 44.2 Å². The first-order valence-corrected chi connectivity index (χ1v) is 9.62. The second-order valence-electron chi connectivity index (χ2n) is 6.81. The van der Waals surface area contributed by atoms with E-state index >= 15 is 0 Å². The van der Waals surface area contributed by atoms with Gasteiger partial charge in [0.25, 0.3) is 0 Å². The summed E-state index contributed by atoms with van der Waals surface area (Å²) in [6.45, 7) is 3.97. The number of ether oxygens (including phenoxy) is 2. The van der Waals surface area contributed by atoms with Crippen LogP contribution in [0.4, 0.5) is 9.59 Å². The number of nitrogens with zero attached hydrogens (tertiary/aromatic N) is 1. The highest BCUT2D eigenvalue weighted by Gasteiger charge is 2.22. The summed E-state index contributed by atoms with van der Waals surface area (Å²) >= 11 is 0. The standard InChI is InChI=1S/C22H26N2O6/c1-17(2)15-29-22(27)24(30-20(25)19-11-7-4-8-12-19)14-13-23-21(26)28-16-18-9-5-3-6-10-18/h3-12,17H,13-16H2,1-2H3,(H,23,26). The molecule has 0 bridgehead atoms. The Balaban J connectivity index is 1.86. The van der Waals surface area contributed by atoms with E-state index in [1.165, 1.54) is 0 Å². The van der Waals surface area contributed by atoms with E-state index in [0.29, 0.717) is 0 Å². The van der Waals surface area contributed by atoms with E-state index < -0.39 is 18.2 Å². The van der Waals surface area contributed by atoms with Crippen molar-refractivity contribution in [2.75, 3.05) is 19.7 Å². The molecule has 0 atom stereocenters. The van der Waals surface area contributed by atoms with Crippen LogP contribution in [0.15, 0.2) is 60.7 Å². The van der Waals surface area contributed by atoms with Gasteiger partial charge in [-0.1, -0.05) is 62.4 Å². The Morgan fingerprint density at radius 2 is 1.57 bits per heavy atom. The molecule has 160 valence electrons. The number of rotatable bonds is 8. The largest absolute Gasteiger partial charge is 0.447 e. The molecule has 2 aromatic rings. The van der Waals surface area contributed by atoms with Crippen LogP contribution < -0.4 is 5.32 Å². The molecular weight excluding hydrogens is 388 g/mol. The summed E-state index contributed by atoms with van der Waals surface area (Å²) in [5, 5.41) is 3.30. The van der Waals surface area contributed by atoms with Crippen molar-refractivity contribution in [2.24, 2.45) is 5.92 Å². The molecule has 0 unspecified atom stereocenters. The summed E-state index contributed by atoms with van der Waals surface area (Å²) in [5.41, 5.74) is 1.14. The number of nitrogens with one attached hydrogen (secondary N) is 1. The number of amides is 2. The number of hydrogen-bond acceptors (Lipinski definition) is 6. The van der Waals surface area contributed by atoms with Crippen molar-refractivity contribution in [1.29, 1.82) is 0 Å². The minimum Gasteiger partial charge on any atom is -0.447 e. The molecule has 2 amide bonds. The van der Waals surface area contributed by atoms with Crippen molar-refractivity contribution in [1.82, 2.24) is 10.4 Å². The van der Waals surface area contributed by atoms with Crippen LogP contribution in [0.1, 0.15) is 29.8 Å². The second-order valence-corrected chi connectivity index (χ2v) is 6.81. The fraction of sp³-hybridized carbons (Fsp3) is 0.318. The third kappa shape index (κ3) is 8.22. The first-order valence-electron chi connectivity index (χ1n) is 9.62. The number of carbonyl (C=O) groups is 3. The number of hydrogen-bond donors (Lipinski definition) is 1. The first-order chi connectivity index (χ1) is 14.5. The fourth-order valence-electron chi connectivity index (χ4n) is 2.24. The monoisotopic (exact) mass is 414 g/mol. The average Bonchev–Trinajstić information content (AvgIpc) is 2.76. The molecular formula is C22H26N2O6. The van der Waals surface area contributed by atoms with Crippen LogP contribution in [0.2, 0.25) is 0 Å². The van der Waals surface area contributed by atoms with Crippen molar-refractivity contribution in [3.05, 3.63) is 71.8 Å². The minimum absolute atomic E-state index is 0.00642. The van der Waals surface area contributed by atoms with Gasteiger partial charge in [0, 0.05) is 6.54 Å². The zero-order chi connectivity index (χ0) is 21.8. The van der Waals surface area contributed by atoms with Crippen LogP contribution in [0.3, 0.4) is 0 Å².